The third-order valence-electron chi connectivity index (χ3n) is 4.73. The molecule has 3 nitrogen and oxygen atoms in total. The summed E-state index contributed by atoms with van der Waals surface area (Å²) >= 11 is 6.08. The first-order valence-corrected chi connectivity index (χ1v) is 7.95. The van der Waals surface area contributed by atoms with Crippen molar-refractivity contribution in [3.8, 4) is 0 Å². The number of benzene rings is 1. The predicted molar refractivity (Wildman–Crippen MR) is 79.8 cm³/mol. The quantitative estimate of drug-likeness (QED) is 0.911. The van der Waals surface area contributed by atoms with E-state index >= 15 is 0 Å². The number of hydrogen-bond acceptors (Lipinski definition) is 3. The van der Waals surface area contributed by atoms with Gasteiger partial charge in [0, 0.05) is 31.3 Å². The number of piperidine rings is 1. The van der Waals surface area contributed by atoms with Crippen molar-refractivity contribution in [1.29, 1.82) is 0 Å². The Kier molecular flexibility index (Phi) is 4.50. The first-order chi connectivity index (χ1) is 10.1. The molecule has 0 aromatic heterocycles. The lowest BCUT2D eigenvalue weighted by Gasteiger charge is -2.46. The Morgan fingerprint density at radius 3 is 2.81 bits per heavy atom. The van der Waals surface area contributed by atoms with Crippen LogP contribution in [0.15, 0.2) is 18.2 Å². The fourth-order valence-electron chi connectivity index (χ4n) is 3.37. The van der Waals surface area contributed by atoms with Crippen LogP contribution in [0.5, 0.6) is 0 Å². The van der Waals surface area contributed by atoms with E-state index < -0.39 is 0 Å². The van der Waals surface area contributed by atoms with Crippen LogP contribution in [-0.4, -0.2) is 41.4 Å². The normalized spacial score (nSPS) is 26.1. The maximum absolute atomic E-state index is 13.1. The van der Waals surface area contributed by atoms with Crippen molar-refractivity contribution in [3.05, 3.63) is 34.6 Å². The number of aliphatic hydroxyl groups excluding tert-OH is 1. The zero-order valence-corrected chi connectivity index (χ0v) is 12.8. The average Bonchev–Trinajstić information content (AvgIpc) is 2.47. The van der Waals surface area contributed by atoms with Crippen LogP contribution in [0.3, 0.4) is 0 Å². The summed E-state index contributed by atoms with van der Waals surface area (Å²) in [5, 5.41) is 10.7. The summed E-state index contributed by atoms with van der Waals surface area (Å²) in [6.45, 7) is 3.20. The molecule has 0 radical (unpaired) electrons. The van der Waals surface area contributed by atoms with Crippen molar-refractivity contribution in [3.63, 3.8) is 0 Å². The van der Waals surface area contributed by atoms with Gasteiger partial charge in [0.1, 0.15) is 5.82 Å². The van der Waals surface area contributed by atoms with Crippen LogP contribution in [0, 0.1) is 5.82 Å². The standard InChI is InChI=1S/C16H21ClFNO2/c17-14-10-13(18)4-3-12(14)11-19-7-5-16(6-8-19)15(20)2-1-9-21-16/h3-4,10,15,20H,1-2,5-9,11H2/t15-/m1/s1. The van der Waals surface area contributed by atoms with Gasteiger partial charge in [0.05, 0.1) is 11.7 Å². The van der Waals surface area contributed by atoms with Gasteiger partial charge in [0.2, 0.25) is 0 Å². The lowest BCUT2D eigenvalue weighted by atomic mass is 9.82. The van der Waals surface area contributed by atoms with E-state index in [-0.39, 0.29) is 17.5 Å². The van der Waals surface area contributed by atoms with Crippen LogP contribution in [0.4, 0.5) is 4.39 Å². The van der Waals surface area contributed by atoms with Gasteiger partial charge in [0.15, 0.2) is 0 Å². The van der Waals surface area contributed by atoms with E-state index in [4.69, 9.17) is 16.3 Å². The van der Waals surface area contributed by atoms with Gasteiger partial charge in [0.25, 0.3) is 0 Å². The van der Waals surface area contributed by atoms with E-state index in [2.05, 4.69) is 4.90 Å². The van der Waals surface area contributed by atoms with Crippen molar-refractivity contribution < 1.29 is 14.2 Å². The molecule has 21 heavy (non-hydrogen) atoms. The molecule has 3 rings (SSSR count). The van der Waals surface area contributed by atoms with Gasteiger partial charge < -0.3 is 9.84 Å². The van der Waals surface area contributed by atoms with Crippen LogP contribution in [0.25, 0.3) is 0 Å². The summed E-state index contributed by atoms with van der Waals surface area (Å²) < 4.78 is 19.0. The summed E-state index contributed by atoms with van der Waals surface area (Å²) in [6, 6.07) is 4.55. The number of ether oxygens (including phenoxy) is 1. The first kappa shape index (κ1) is 15.2. The maximum atomic E-state index is 13.1. The summed E-state index contributed by atoms with van der Waals surface area (Å²) in [5.74, 6) is -0.305. The van der Waals surface area contributed by atoms with Gasteiger partial charge in [-0.2, -0.15) is 0 Å². The molecule has 116 valence electrons. The van der Waals surface area contributed by atoms with E-state index in [1.807, 2.05) is 0 Å². The predicted octanol–water partition coefficient (Wildman–Crippen LogP) is 2.99. The van der Waals surface area contributed by atoms with Crippen LogP contribution < -0.4 is 0 Å². The van der Waals surface area contributed by atoms with E-state index in [0.717, 1.165) is 50.9 Å². The molecular weight excluding hydrogens is 293 g/mol. The Hall–Kier alpha value is -0.680. The molecule has 2 fully saturated rings. The Balaban J connectivity index is 1.61. The van der Waals surface area contributed by atoms with Gasteiger partial charge in [-0.05, 0) is 43.4 Å². The summed E-state index contributed by atoms with van der Waals surface area (Å²) in [6.07, 6.45) is 3.12. The van der Waals surface area contributed by atoms with Crippen LogP contribution >= 0.6 is 11.6 Å². The molecule has 1 aromatic rings. The number of nitrogens with zero attached hydrogens (tertiary/aromatic N) is 1. The van der Waals surface area contributed by atoms with E-state index in [1.54, 1.807) is 6.07 Å². The molecule has 1 N–H and O–H groups in total. The zero-order chi connectivity index (χ0) is 14.9. The van der Waals surface area contributed by atoms with Gasteiger partial charge in [-0.3, -0.25) is 4.90 Å². The Labute approximate surface area is 129 Å². The van der Waals surface area contributed by atoms with E-state index in [9.17, 15) is 9.50 Å². The minimum Gasteiger partial charge on any atom is -0.390 e. The average molecular weight is 314 g/mol. The summed E-state index contributed by atoms with van der Waals surface area (Å²) in [4.78, 5) is 2.29. The van der Waals surface area contributed by atoms with Gasteiger partial charge in [-0.15, -0.1) is 0 Å². The lowest BCUT2D eigenvalue weighted by Crippen LogP contribution is -2.55. The van der Waals surface area contributed by atoms with Gasteiger partial charge in [-0.25, -0.2) is 4.39 Å². The number of aliphatic hydroxyl groups is 1. The number of rotatable bonds is 2. The molecular formula is C16H21ClFNO2. The van der Waals surface area contributed by atoms with Crippen molar-refractivity contribution in [1.82, 2.24) is 4.90 Å². The molecule has 0 saturated carbocycles. The molecule has 0 unspecified atom stereocenters. The first-order valence-electron chi connectivity index (χ1n) is 7.57. The fraction of sp³-hybridized carbons (Fsp3) is 0.625. The highest BCUT2D eigenvalue weighted by Crippen LogP contribution is 2.35. The molecule has 0 bridgehead atoms. The highest BCUT2D eigenvalue weighted by molar-refractivity contribution is 6.31. The molecule has 1 spiro atoms. The van der Waals surface area contributed by atoms with Crippen LogP contribution in [0.2, 0.25) is 5.02 Å². The molecule has 5 heteroatoms. The smallest absolute Gasteiger partial charge is 0.124 e. The molecule has 2 heterocycles. The van der Waals surface area contributed by atoms with Crippen molar-refractivity contribution in [2.24, 2.45) is 0 Å². The Morgan fingerprint density at radius 2 is 2.14 bits per heavy atom. The number of likely N-dealkylation sites (tertiary alicyclic amines) is 1. The van der Waals surface area contributed by atoms with Crippen LogP contribution in [0.1, 0.15) is 31.2 Å². The summed E-state index contributed by atoms with van der Waals surface area (Å²) in [5.41, 5.74) is 0.598. The van der Waals surface area contributed by atoms with E-state index in [0.29, 0.717) is 11.6 Å². The lowest BCUT2D eigenvalue weighted by molar-refractivity contribution is -0.177. The molecule has 2 aliphatic heterocycles. The Bertz CT molecular complexity index is 503. The molecule has 1 atom stereocenters. The summed E-state index contributed by atoms with van der Waals surface area (Å²) in [7, 11) is 0. The van der Waals surface area contributed by atoms with Crippen molar-refractivity contribution in [2.45, 2.75) is 43.9 Å². The molecule has 0 amide bonds. The zero-order valence-electron chi connectivity index (χ0n) is 12.0. The topological polar surface area (TPSA) is 32.7 Å². The SMILES string of the molecule is O[C@@H]1CCCOC12CCN(Cc1ccc(F)cc1Cl)CC2. The van der Waals surface area contributed by atoms with E-state index in [1.165, 1.54) is 12.1 Å². The number of halogens is 2. The minimum absolute atomic E-state index is 0.305. The Morgan fingerprint density at radius 1 is 1.38 bits per heavy atom. The van der Waals surface area contributed by atoms with Crippen LogP contribution in [-0.2, 0) is 11.3 Å². The fourth-order valence-corrected chi connectivity index (χ4v) is 3.60. The van der Waals surface area contributed by atoms with Crippen molar-refractivity contribution in [2.75, 3.05) is 19.7 Å². The highest BCUT2D eigenvalue weighted by atomic mass is 35.5. The molecule has 2 saturated heterocycles. The molecule has 0 aliphatic carbocycles. The largest absolute Gasteiger partial charge is 0.390 e. The maximum Gasteiger partial charge on any atom is 0.124 e. The third kappa shape index (κ3) is 3.24. The van der Waals surface area contributed by atoms with Gasteiger partial charge in [-0.1, -0.05) is 17.7 Å². The molecule has 2 aliphatic rings. The van der Waals surface area contributed by atoms with Gasteiger partial charge >= 0.3 is 0 Å². The van der Waals surface area contributed by atoms with Crippen molar-refractivity contribution >= 4 is 11.6 Å². The second-order valence-corrected chi connectivity index (χ2v) is 6.49. The second-order valence-electron chi connectivity index (χ2n) is 6.08. The second kappa shape index (κ2) is 6.21. The monoisotopic (exact) mass is 313 g/mol. The minimum atomic E-state index is -0.346. The molecule has 1 aromatic carbocycles. The highest BCUT2D eigenvalue weighted by Gasteiger charge is 2.43. The number of hydrogen-bond donors (Lipinski definition) is 1. The third-order valence-corrected chi connectivity index (χ3v) is 5.08.